The van der Waals surface area contributed by atoms with E-state index in [0.29, 0.717) is 16.5 Å². The van der Waals surface area contributed by atoms with Crippen LogP contribution in [-0.4, -0.2) is 19.1 Å². The van der Waals surface area contributed by atoms with Crippen molar-refractivity contribution in [3.05, 3.63) is 80.8 Å². The molecule has 3 rings (SSSR count). The molecule has 0 bridgehead atoms. The Morgan fingerprint density at radius 3 is 2.55 bits per heavy atom. The molecule has 152 valence electrons. The molecule has 0 aliphatic rings. The maximum absolute atomic E-state index is 13.4. The van der Waals surface area contributed by atoms with Crippen LogP contribution >= 0.6 is 22.9 Å². The van der Waals surface area contributed by atoms with Gasteiger partial charge in [-0.2, -0.15) is 0 Å². The number of rotatable bonds is 7. The summed E-state index contributed by atoms with van der Waals surface area (Å²) in [5.41, 5.74) is 2.28. The maximum atomic E-state index is 13.4. The summed E-state index contributed by atoms with van der Waals surface area (Å²) in [5, 5.41) is 8.79. The molecule has 0 spiro atoms. The van der Waals surface area contributed by atoms with Gasteiger partial charge in [-0.15, -0.1) is 11.3 Å². The Labute approximate surface area is 178 Å². The molecule has 7 heteroatoms. The number of aryl methyl sites for hydroxylation is 1. The van der Waals surface area contributed by atoms with E-state index in [1.165, 1.54) is 19.2 Å². The van der Waals surface area contributed by atoms with E-state index in [1.54, 1.807) is 42.5 Å². The molecule has 0 fully saturated rings. The van der Waals surface area contributed by atoms with Crippen molar-refractivity contribution < 1.29 is 13.9 Å². The van der Waals surface area contributed by atoms with E-state index in [1.807, 2.05) is 24.4 Å². The third-order valence-corrected chi connectivity index (χ3v) is 5.92. The summed E-state index contributed by atoms with van der Waals surface area (Å²) in [5.74, 6) is -0.0159. The van der Waals surface area contributed by atoms with Gasteiger partial charge in [0.15, 0.2) is 0 Å². The lowest BCUT2D eigenvalue weighted by molar-refractivity contribution is -0.117. The maximum Gasteiger partial charge on any atom is 0.241 e. The summed E-state index contributed by atoms with van der Waals surface area (Å²) < 4.78 is 18.7. The number of nitrogens with one attached hydrogen (secondary N) is 2. The topological polar surface area (TPSA) is 50.4 Å². The molecule has 0 saturated heterocycles. The summed E-state index contributed by atoms with van der Waals surface area (Å²) in [6, 6.07) is 12.9. The van der Waals surface area contributed by atoms with E-state index in [4.69, 9.17) is 16.3 Å². The number of amides is 1. The van der Waals surface area contributed by atoms with Crippen LogP contribution in [0.2, 0.25) is 5.02 Å². The highest BCUT2D eigenvalue weighted by molar-refractivity contribution is 7.10. The summed E-state index contributed by atoms with van der Waals surface area (Å²) in [6.07, 6.45) is 0. The van der Waals surface area contributed by atoms with Crippen molar-refractivity contribution in [3.63, 3.8) is 0 Å². The van der Waals surface area contributed by atoms with Gasteiger partial charge < -0.3 is 10.1 Å². The Morgan fingerprint density at radius 2 is 1.93 bits per heavy atom. The minimum atomic E-state index is -0.521. The van der Waals surface area contributed by atoms with Crippen LogP contribution in [0.15, 0.2) is 53.9 Å². The lowest BCUT2D eigenvalue weighted by Gasteiger charge is -2.23. The van der Waals surface area contributed by atoms with Gasteiger partial charge in [0, 0.05) is 16.0 Å². The lowest BCUT2D eigenvalue weighted by atomic mass is 10.0. The number of methoxy groups -OCH3 is 1. The molecule has 1 amide bonds. The van der Waals surface area contributed by atoms with Gasteiger partial charge in [-0.1, -0.05) is 29.8 Å². The normalized spacial score (nSPS) is 13.0. The van der Waals surface area contributed by atoms with Gasteiger partial charge in [-0.3, -0.25) is 10.1 Å². The van der Waals surface area contributed by atoms with E-state index < -0.39 is 6.04 Å². The highest BCUT2D eigenvalue weighted by atomic mass is 35.5. The van der Waals surface area contributed by atoms with Crippen LogP contribution in [0, 0.1) is 12.7 Å². The third kappa shape index (κ3) is 5.15. The Bertz CT molecular complexity index is 977. The number of halogens is 2. The van der Waals surface area contributed by atoms with Crippen molar-refractivity contribution in [2.45, 2.75) is 25.9 Å². The van der Waals surface area contributed by atoms with Crippen LogP contribution < -0.4 is 15.4 Å². The molecule has 0 unspecified atom stereocenters. The van der Waals surface area contributed by atoms with E-state index >= 15 is 0 Å². The second-order valence-electron chi connectivity index (χ2n) is 6.68. The minimum Gasteiger partial charge on any atom is -0.495 e. The second-order valence-corrected chi connectivity index (χ2v) is 8.07. The zero-order valence-corrected chi connectivity index (χ0v) is 17.9. The number of carbonyl (C=O) groups is 1. The minimum absolute atomic E-state index is 0.214. The highest BCUT2D eigenvalue weighted by Crippen LogP contribution is 2.31. The Morgan fingerprint density at radius 1 is 1.21 bits per heavy atom. The zero-order chi connectivity index (χ0) is 21.0. The van der Waals surface area contributed by atoms with Gasteiger partial charge >= 0.3 is 0 Å². The number of thiophene rings is 1. The predicted octanol–water partition coefficient (Wildman–Crippen LogP) is 5.56. The summed E-state index contributed by atoms with van der Waals surface area (Å²) >= 11 is 7.71. The fraction of sp³-hybridized carbons (Fsp3) is 0.227. The van der Waals surface area contributed by atoms with Crippen LogP contribution in [0.25, 0.3) is 0 Å². The van der Waals surface area contributed by atoms with Crippen molar-refractivity contribution in [1.29, 1.82) is 0 Å². The summed E-state index contributed by atoms with van der Waals surface area (Å²) in [4.78, 5) is 13.9. The lowest BCUT2D eigenvalue weighted by Crippen LogP contribution is -2.40. The van der Waals surface area contributed by atoms with Crippen LogP contribution in [0.1, 0.15) is 29.0 Å². The summed E-state index contributed by atoms with van der Waals surface area (Å²) in [6.45, 7) is 3.65. The van der Waals surface area contributed by atoms with E-state index in [9.17, 15) is 9.18 Å². The number of anilines is 1. The van der Waals surface area contributed by atoms with Crippen LogP contribution in [0.5, 0.6) is 5.75 Å². The largest absolute Gasteiger partial charge is 0.495 e. The first-order chi connectivity index (χ1) is 13.9. The molecule has 3 aromatic rings. The van der Waals surface area contributed by atoms with Crippen LogP contribution in [0.4, 0.5) is 10.1 Å². The Hall–Kier alpha value is -2.41. The standard InChI is InChI=1S/C22H22ClFN2O2S/c1-13-11-18(19(28-3)12-17(13)23)26-22(27)14(2)25-21(20-5-4-10-29-20)15-6-8-16(24)9-7-15/h4-12,14,21,25H,1-3H3,(H,26,27)/t14-,21+/m1/s1. The first-order valence-electron chi connectivity index (χ1n) is 9.09. The molecule has 0 saturated carbocycles. The quantitative estimate of drug-likeness (QED) is 0.513. The molecular formula is C22H22ClFN2O2S. The van der Waals surface area contributed by atoms with Crippen molar-refractivity contribution in [3.8, 4) is 5.75 Å². The van der Waals surface area contributed by atoms with Crippen molar-refractivity contribution in [2.75, 3.05) is 12.4 Å². The molecule has 4 nitrogen and oxygen atoms in total. The molecular weight excluding hydrogens is 411 g/mol. The monoisotopic (exact) mass is 432 g/mol. The fourth-order valence-electron chi connectivity index (χ4n) is 2.95. The fourth-order valence-corrected chi connectivity index (χ4v) is 3.92. The number of hydrogen-bond acceptors (Lipinski definition) is 4. The Kier molecular flexibility index (Phi) is 6.90. The molecule has 1 aromatic heterocycles. The van der Waals surface area contributed by atoms with E-state index in [0.717, 1.165) is 16.0 Å². The average Bonchev–Trinajstić information content (AvgIpc) is 3.23. The van der Waals surface area contributed by atoms with Crippen molar-refractivity contribution in [1.82, 2.24) is 5.32 Å². The number of carbonyl (C=O) groups excluding carboxylic acids is 1. The van der Waals surface area contributed by atoms with Crippen LogP contribution in [-0.2, 0) is 4.79 Å². The van der Waals surface area contributed by atoms with Gasteiger partial charge in [-0.25, -0.2) is 4.39 Å². The smallest absolute Gasteiger partial charge is 0.241 e. The molecule has 0 radical (unpaired) electrons. The predicted molar refractivity (Wildman–Crippen MR) is 117 cm³/mol. The molecule has 0 aliphatic heterocycles. The number of hydrogen-bond donors (Lipinski definition) is 2. The van der Waals surface area contributed by atoms with Gasteiger partial charge in [0.05, 0.1) is 24.9 Å². The van der Waals surface area contributed by atoms with E-state index in [-0.39, 0.29) is 17.8 Å². The second kappa shape index (κ2) is 9.39. The number of benzene rings is 2. The van der Waals surface area contributed by atoms with Crippen LogP contribution in [0.3, 0.4) is 0 Å². The molecule has 1 heterocycles. The highest BCUT2D eigenvalue weighted by Gasteiger charge is 2.22. The molecule has 2 N–H and O–H groups in total. The molecule has 2 aromatic carbocycles. The van der Waals surface area contributed by atoms with Gasteiger partial charge in [0.1, 0.15) is 11.6 Å². The van der Waals surface area contributed by atoms with Crippen molar-refractivity contribution in [2.24, 2.45) is 0 Å². The van der Waals surface area contributed by atoms with E-state index in [2.05, 4.69) is 10.6 Å². The average molecular weight is 433 g/mol. The SMILES string of the molecule is COc1cc(Cl)c(C)cc1NC(=O)[C@@H](C)N[C@@H](c1ccc(F)cc1)c1cccs1. The first kappa shape index (κ1) is 21.3. The molecule has 0 aliphatic carbocycles. The van der Waals surface area contributed by atoms with Gasteiger partial charge in [0.25, 0.3) is 0 Å². The number of ether oxygens (including phenoxy) is 1. The molecule has 2 atom stereocenters. The van der Waals surface area contributed by atoms with Gasteiger partial charge in [-0.05, 0) is 54.6 Å². The Balaban J connectivity index is 1.79. The zero-order valence-electron chi connectivity index (χ0n) is 16.3. The third-order valence-electron chi connectivity index (χ3n) is 4.58. The summed E-state index contributed by atoms with van der Waals surface area (Å²) in [7, 11) is 1.53. The first-order valence-corrected chi connectivity index (χ1v) is 10.3. The molecule has 29 heavy (non-hydrogen) atoms. The van der Waals surface area contributed by atoms with Crippen molar-refractivity contribution >= 4 is 34.5 Å². The van der Waals surface area contributed by atoms with Gasteiger partial charge in [0.2, 0.25) is 5.91 Å².